The summed E-state index contributed by atoms with van der Waals surface area (Å²) in [6, 6.07) is 16.1. The number of hydrogen-bond donors (Lipinski definition) is 0. The first-order valence-electron chi connectivity index (χ1n) is 8.22. The molecule has 0 bridgehead atoms. The lowest BCUT2D eigenvalue weighted by molar-refractivity contribution is 0.104. The first-order valence-corrected chi connectivity index (χ1v) is 9.40. The molecule has 0 N–H and O–H groups in total. The van der Waals surface area contributed by atoms with E-state index in [1.165, 1.54) is 22.3 Å². The Balaban J connectivity index is 1.96. The van der Waals surface area contributed by atoms with E-state index in [0.29, 0.717) is 10.6 Å². The fourth-order valence-electron chi connectivity index (χ4n) is 4.45. The topological polar surface area (TPSA) is 17.1 Å². The zero-order valence-corrected chi connectivity index (χ0v) is 16.1. The Kier molecular flexibility index (Phi) is 2.97. The molecular weight excluding hydrogens is 396 g/mol. The molecule has 0 heterocycles. The van der Waals surface area contributed by atoms with E-state index < -0.39 is 0 Å². The third-order valence-electron chi connectivity index (χ3n) is 5.51. The van der Waals surface area contributed by atoms with Gasteiger partial charge in [-0.3, -0.25) is 4.79 Å². The molecule has 1 nitrogen and oxygen atoms in total. The van der Waals surface area contributed by atoms with Crippen LogP contribution >= 0.6 is 27.5 Å². The van der Waals surface area contributed by atoms with Crippen LogP contribution in [0.1, 0.15) is 40.9 Å². The quantitative estimate of drug-likeness (QED) is 0.319. The normalized spacial score (nSPS) is 15.6. The van der Waals surface area contributed by atoms with Crippen molar-refractivity contribution in [3.05, 3.63) is 80.3 Å². The summed E-state index contributed by atoms with van der Waals surface area (Å²) in [6.07, 6.45) is 0. The number of ketones is 1. The second kappa shape index (κ2) is 4.84. The van der Waals surface area contributed by atoms with E-state index in [0.717, 1.165) is 21.2 Å². The molecule has 2 aliphatic carbocycles. The third-order valence-corrected chi connectivity index (χ3v) is 6.37. The van der Waals surface area contributed by atoms with Crippen LogP contribution < -0.4 is 0 Å². The third kappa shape index (κ3) is 1.82. The molecule has 25 heavy (non-hydrogen) atoms. The molecule has 0 unspecified atom stereocenters. The Hall–Kier alpha value is -1.90. The molecule has 0 radical (unpaired) electrons. The van der Waals surface area contributed by atoms with Gasteiger partial charge in [0, 0.05) is 31.6 Å². The van der Waals surface area contributed by atoms with Crippen LogP contribution in [0.2, 0.25) is 5.02 Å². The van der Waals surface area contributed by atoms with E-state index >= 15 is 0 Å². The maximum absolute atomic E-state index is 13.0. The van der Waals surface area contributed by atoms with Crippen LogP contribution in [0.15, 0.2) is 53.0 Å². The molecule has 0 aromatic heterocycles. The lowest BCUT2D eigenvalue weighted by Gasteiger charge is -2.24. The summed E-state index contributed by atoms with van der Waals surface area (Å²) in [5.41, 5.74) is 8.34. The monoisotopic (exact) mass is 408 g/mol. The maximum atomic E-state index is 13.0. The fourth-order valence-corrected chi connectivity index (χ4v) is 5.26. The highest BCUT2D eigenvalue weighted by molar-refractivity contribution is 9.10. The minimum Gasteiger partial charge on any atom is -0.289 e. The van der Waals surface area contributed by atoms with Gasteiger partial charge in [-0.2, -0.15) is 0 Å². The highest BCUT2D eigenvalue weighted by Crippen LogP contribution is 2.57. The number of benzene rings is 3. The zero-order valence-electron chi connectivity index (χ0n) is 13.8. The summed E-state index contributed by atoms with van der Waals surface area (Å²) in [4.78, 5) is 13.0. The fraction of sp³-hybridized carbons (Fsp3) is 0.136. The van der Waals surface area contributed by atoms with E-state index in [2.05, 4.69) is 54.0 Å². The summed E-state index contributed by atoms with van der Waals surface area (Å²) < 4.78 is 0.978. The van der Waals surface area contributed by atoms with Crippen molar-refractivity contribution in [1.82, 2.24) is 0 Å². The average molecular weight is 410 g/mol. The zero-order chi connectivity index (χ0) is 17.5. The van der Waals surface area contributed by atoms with Gasteiger partial charge in [0.05, 0.1) is 0 Å². The second-order valence-electron chi connectivity index (χ2n) is 7.22. The minimum absolute atomic E-state index is 0.0581. The van der Waals surface area contributed by atoms with Crippen LogP contribution in [-0.2, 0) is 5.41 Å². The molecule has 0 atom stereocenters. The van der Waals surface area contributed by atoms with Crippen LogP contribution in [0.25, 0.3) is 22.3 Å². The van der Waals surface area contributed by atoms with Gasteiger partial charge in [-0.15, -0.1) is 0 Å². The van der Waals surface area contributed by atoms with Gasteiger partial charge < -0.3 is 0 Å². The standard InChI is InChI=1S/C22H14BrClO/c1-22(2)16-6-4-3-5-13(16)19-17(23)10-15-18(20(19)22)12-8-7-11(24)9-14(12)21(15)25/h3-10H,1-2H3. The van der Waals surface area contributed by atoms with Crippen molar-refractivity contribution in [3.63, 3.8) is 0 Å². The van der Waals surface area contributed by atoms with Gasteiger partial charge in [0.15, 0.2) is 5.78 Å². The van der Waals surface area contributed by atoms with E-state index in [4.69, 9.17) is 11.6 Å². The van der Waals surface area contributed by atoms with Crippen molar-refractivity contribution in [2.45, 2.75) is 19.3 Å². The van der Waals surface area contributed by atoms with Crippen molar-refractivity contribution >= 4 is 33.3 Å². The number of carbonyl (C=O) groups excluding carboxylic acids is 1. The van der Waals surface area contributed by atoms with Crippen LogP contribution in [0.4, 0.5) is 0 Å². The molecule has 3 heteroatoms. The number of fused-ring (bicyclic) bond motifs is 7. The molecule has 0 spiro atoms. The smallest absolute Gasteiger partial charge is 0.194 e. The lowest BCUT2D eigenvalue weighted by atomic mass is 9.78. The summed E-state index contributed by atoms with van der Waals surface area (Å²) >= 11 is 9.88. The maximum Gasteiger partial charge on any atom is 0.194 e. The summed E-state index contributed by atoms with van der Waals surface area (Å²) in [5.74, 6) is 0.0581. The largest absolute Gasteiger partial charge is 0.289 e. The number of halogens is 2. The number of carbonyl (C=O) groups is 1. The predicted octanol–water partition coefficient (Wildman–Crippen LogP) is 6.62. The Labute approximate surface area is 159 Å². The molecule has 0 saturated carbocycles. The minimum atomic E-state index is -0.165. The van der Waals surface area contributed by atoms with Gasteiger partial charge in [0.1, 0.15) is 0 Å². The number of rotatable bonds is 0. The molecule has 0 amide bonds. The van der Waals surface area contributed by atoms with Gasteiger partial charge in [0.25, 0.3) is 0 Å². The Morgan fingerprint density at radius 2 is 1.64 bits per heavy atom. The molecular formula is C22H14BrClO. The van der Waals surface area contributed by atoms with Crippen LogP contribution in [-0.4, -0.2) is 5.78 Å². The summed E-state index contributed by atoms with van der Waals surface area (Å²) in [7, 11) is 0. The van der Waals surface area contributed by atoms with Gasteiger partial charge in [-0.25, -0.2) is 0 Å². The lowest BCUT2D eigenvalue weighted by Crippen LogP contribution is -2.16. The summed E-state index contributed by atoms with van der Waals surface area (Å²) in [5, 5.41) is 0.596. The Bertz CT molecular complexity index is 1110. The van der Waals surface area contributed by atoms with Crippen LogP contribution in [0.3, 0.4) is 0 Å². The van der Waals surface area contributed by atoms with Gasteiger partial charge in [-0.05, 0) is 46.0 Å². The Morgan fingerprint density at radius 3 is 2.44 bits per heavy atom. The molecule has 2 aliphatic rings. The van der Waals surface area contributed by atoms with E-state index in [9.17, 15) is 4.79 Å². The van der Waals surface area contributed by atoms with Crippen molar-refractivity contribution in [2.75, 3.05) is 0 Å². The summed E-state index contributed by atoms with van der Waals surface area (Å²) in [6.45, 7) is 4.48. The first-order chi connectivity index (χ1) is 11.9. The first kappa shape index (κ1) is 15.4. The van der Waals surface area contributed by atoms with Crippen molar-refractivity contribution in [1.29, 1.82) is 0 Å². The number of hydrogen-bond acceptors (Lipinski definition) is 1. The molecule has 3 aromatic carbocycles. The van der Waals surface area contributed by atoms with Gasteiger partial charge in [0.2, 0.25) is 0 Å². The molecule has 3 aromatic rings. The molecule has 5 rings (SSSR count). The van der Waals surface area contributed by atoms with Crippen molar-refractivity contribution < 1.29 is 4.79 Å². The average Bonchev–Trinajstić information content (AvgIpc) is 2.99. The van der Waals surface area contributed by atoms with Crippen LogP contribution in [0.5, 0.6) is 0 Å². The SMILES string of the molecule is CC1(C)c2ccccc2-c2c(Br)cc3c(c21)-c1ccc(Cl)cc1C3=O. The highest BCUT2D eigenvalue weighted by Gasteiger charge is 2.42. The molecule has 0 fully saturated rings. The van der Waals surface area contributed by atoms with Crippen molar-refractivity contribution in [3.8, 4) is 22.3 Å². The second-order valence-corrected chi connectivity index (χ2v) is 8.51. The highest BCUT2D eigenvalue weighted by atomic mass is 79.9. The molecule has 0 saturated heterocycles. The van der Waals surface area contributed by atoms with Gasteiger partial charge >= 0.3 is 0 Å². The Morgan fingerprint density at radius 1 is 0.880 bits per heavy atom. The van der Waals surface area contributed by atoms with E-state index in [-0.39, 0.29) is 11.2 Å². The van der Waals surface area contributed by atoms with E-state index in [1.54, 1.807) is 6.07 Å². The van der Waals surface area contributed by atoms with E-state index in [1.807, 2.05) is 18.2 Å². The van der Waals surface area contributed by atoms with Crippen molar-refractivity contribution in [2.24, 2.45) is 0 Å². The molecule has 0 aliphatic heterocycles. The van der Waals surface area contributed by atoms with Crippen LogP contribution in [0, 0.1) is 0 Å². The predicted molar refractivity (Wildman–Crippen MR) is 106 cm³/mol. The molecule has 122 valence electrons. The van der Waals surface area contributed by atoms with Gasteiger partial charge in [-0.1, -0.05) is 71.7 Å².